The van der Waals surface area contributed by atoms with Gasteiger partial charge in [-0.15, -0.1) is 0 Å². The van der Waals surface area contributed by atoms with Crippen molar-refractivity contribution in [2.75, 3.05) is 33.2 Å². The molecule has 2 aromatic carbocycles. The monoisotopic (exact) mass is 284 g/mol. The first-order valence-electron chi connectivity index (χ1n) is 7.19. The maximum Gasteiger partial charge on any atom is 0.126 e. The lowest BCUT2D eigenvalue weighted by atomic mass is 9.98. The van der Waals surface area contributed by atoms with Crippen molar-refractivity contribution in [2.24, 2.45) is 0 Å². The summed E-state index contributed by atoms with van der Waals surface area (Å²) in [6, 6.07) is 15.2. The van der Waals surface area contributed by atoms with Gasteiger partial charge >= 0.3 is 0 Å². The number of nitrogens with one attached hydrogen (secondary N) is 1. The van der Waals surface area contributed by atoms with E-state index in [1.54, 1.807) is 7.11 Å². The molecule has 1 N–H and O–H groups in total. The van der Waals surface area contributed by atoms with E-state index in [2.05, 4.69) is 67.6 Å². The largest absolute Gasteiger partial charge is 0.496 e. The van der Waals surface area contributed by atoms with Gasteiger partial charge in [0, 0.05) is 31.4 Å². The number of methoxy groups -OCH3 is 1. The molecule has 0 radical (unpaired) electrons. The van der Waals surface area contributed by atoms with Crippen LogP contribution in [-0.2, 0) is 0 Å². The highest BCUT2D eigenvalue weighted by molar-refractivity contribution is 5.74. The highest BCUT2D eigenvalue weighted by Crippen LogP contribution is 2.34. The quantitative estimate of drug-likeness (QED) is 0.906. The molecule has 21 heavy (non-hydrogen) atoms. The number of anilines is 1. The maximum atomic E-state index is 5.53. The number of nitrogens with zero attached hydrogens (tertiary/aromatic N) is 1. The zero-order valence-corrected chi connectivity index (χ0v) is 13.5. The fourth-order valence-electron chi connectivity index (χ4n) is 2.34. The van der Waals surface area contributed by atoms with E-state index in [0.717, 1.165) is 11.3 Å². The smallest absolute Gasteiger partial charge is 0.126 e. The Morgan fingerprint density at radius 1 is 1.10 bits per heavy atom. The van der Waals surface area contributed by atoms with Gasteiger partial charge in [0.05, 0.1) is 7.11 Å². The number of rotatable bonds is 5. The molecule has 1 unspecified atom stereocenters. The Labute approximate surface area is 127 Å². The Morgan fingerprint density at radius 2 is 1.86 bits per heavy atom. The molecule has 0 aliphatic carbocycles. The van der Waals surface area contributed by atoms with Gasteiger partial charge in [0.15, 0.2) is 0 Å². The SMILES string of the molecule is CNC(C)c1ccc(OC)c(-c2cccc(N(C)C)c2)c1. The number of hydrogen-bond donors (Lipinski definition) is 1. The summed E-state index contributed by atoms with van der Waals surface area (Å²) in [6.07, 6.45) is 0. The van der Waals surface area contributed by atoms with Crippen LogP contribution in [0.3, 0.4) is 0 Å². The van der Waals surface area contributed by atoms with Gasteiger partial charge in [-0.1, -0.05) is 18.2 Å². The minimum atomic E-state index is 0.312. The molecule has 0 fully saturated rings. The van der Waals surface area contributed by atoms with Crippen LogP contribution in [0, 0.1) is 0 Å². The maximum absolute atomic E-state index is 5.53. The van der Waals surface area contributed by atoms with Crippen molar-refractivity contribution in [3.05, 3.63) is 48.0 Å². The molecule has 3 heteroatoms. The summed E-state index contributed by atoms with van der Waals surface area (Å²) in [6.45, 7) is 2.15. The molecule has 0 saturated carbocycles. The van der Waals surface area contributed by atoms with Crippen molar-refractivity contribution >= 4 is 5.69 Å². The minimum absolute atomic E-state index is 0.312. The van der Waals surface area contributed by atoms with E-state index in [0.29, 0.717) is 6.04 Å². The lowest BCUT2D eigenvalue weighted by Gasteiger charge is -2.17. The normalized spacial score (nSPS) is 12.0. The van der Waals surface area contributed by atoms with Crippen molar-refractivity contribution in [1.82, 2.24) is 5.32 Å². The summed E-state index contributed by atoms with van der Waals surface area (Å²) < 4.78 is 5.53. The first-order chi connectivity index (χ1) is 10.1. The molecule has 0 bridgehead atoms. The highest BCUT2D eigenvalue weighted by Gasteiger charge is 2.11. The minimum Gasteiger partial charge on any atom is -0.496 e. The van der Waals surface area contributed by atoms with Crippen LogP contribution >= 0.6 is 0 Å². The number of benzene rings is 2. The van der Waals surface area contributed by atoms with Gasteiger partial charge in [-0.05, 0) is 49.4 Å². The van der Waals surface area contributed by atoms with Crippen LogP contribution in [0.25, 0.3) is 11.1 Å². The predicted octanol–water partition coefficient (Wildman–Crippen LogP) is 3.71. The lowest BCUT2D eigenvalue weighted by molar-refractivity contribution is 0.416. The summed E-state index contributed by atoms with van der Waals surface area (Å²) in [5.74, 6) is 0.901. The van der Waals surface area contributed by atoms with Crippen LogP contribution in [-0.4, -0.2) is 28.3 Å². The van der Waals surface area contributed by atoms with Crippen LogP contribution in [0.4, 0.5) is 5.69 Å². The Kier molecular flexibility index (Phi) is 4.86. The van der Waals surface area contributed by atoms with Gasteiger partial charge < -0.3 is 15.0 Å². The van der Waals surface area contributed by atoms with Crippen LogP contribution in [0.1, 0.15) is 18.5 Å². The Balaban J connectivity index is 2.52. The van der Waals surface area contributed by atoms with Gasteiger partial charge in [-0.2, -0.15) is 0 Å². The van der Waals surface area contributed by atoms with E-state index in [-0.39, 0.29) is 0 Å². The molecule has 2 rings (SSSR count). The second-order valence-electron chi connectivity index (χ2n) is 5.41. The molecular formula is C18H24N2O. The standard InChI is InChI=1S/C18H24N2O/c1-13(19-2)14-9-10-18(21-5)17(12-14)15-7-6-8-16(11-15)20(3)4/h6-13,19H,1-5H3. The molecule has 2 aromatic rings. The van der Waals surface area contributed by atoms with Crippen LogP contribution < -0.4 is 15.0 Å². The summed E-state index contributed by atoms with van der Waals surface area (Å²) in [7, 11) is 7.79. The fraction of sp³-hybridized carbons (Fsp3) is 0.333. The van der Waals surface area contributed by atoms with Gasteiger partial charge in [0.1, 0.15) is 5.75 Å². The molecule has 0 spiro atoms. The third-order valence-electron chi connectivity index (χ3n) is 3.83. The predicted molar refractivity (Wildman–Crippen MR) is 90.2 cm³/mol. The second kappa shape index (κ2) is 6.64. The molecule has 0 aliphatic rings. The highest BCUT2D eigenvalue weighted by atomic mass is 16.5. The van der Waals surface area contributed by atoms with Crippen molar-refractivity contribution in [3.8, 4) is 16.9 Å². The summed E-state index contributed by atoms with van der Waals surface area (Å²) >= 11 is 0. The van der Waals surface area contributed by atoms with Crippen LogP contribution in [0.5, 0.6) is 5.75 Å². The zero-order valence-electron chi connectivity index (χ0n) is 13.5. The summed E-state index contributed by atoms with van der Waals surface area (Å²) in [4.78, 5) is 2.11. The van der Waals surface area contributed by atoms with Gasteiger partial charge in [0.25, 0.3) is 0 Å². The van der Waals surface area contributed by atoms with E-state index in [1.165, 1.54) is 16.8 Å². The van der Waals surface area contributed by atoms with Gasteiger partial charge in [-0.3, -0.25) is 0 Å². The molecular weight excluding hydrogens is 260 g/mol. The zero-order chi connectivity index (χ0) is 15.4. The number of ether oxygens (including phenoxy) is 1. The van der Waals surface area contributed by atoms with Crippen molar-refractivity contribution in [3.63, 3.8) is 0 Å². The molecule has 1 atom stereocenters. The molecule has 0 aromatic heterocycles. The molecule has 0 aliphatic heterocycles. The van der Waals surface area contributed by atoms with Crippen molar-refractivity contribution < 1.29 is 4.74 Å². The topological polar surface area (TPSA) is 24.5 Å². The van der Waals surface area contributed by atoms with Crippen LogP contribution in [0.2, 0.25) is 0 Å². The third kappa shape index (κ3) is 3.37. The average molecular weight is 284 g/mol. The van der Waals surface area contributed by atoms with E-state index >= 15 is 0 Å². The molecule has 112 valence electrons. The van der Waals surface area contributed by atoms with E-state index < -0.39 is 0 Å². The van der Waals surface area contributed by atoms with Gasteiger partial charge in [0.2, 0.25) is 0 Å². The van der Waals surface area contributed by atoms with Crippen LogP contribution in [0.15, 0.2) is 42.5 Å². The summed E-state index contributed by atoms with van der Waals surface area (Å²) in [5.41, 5.74) is 4.73. The van der Waals surface area contributed by atoms with Crippen molar-refractivity contribution in [2.45, 2.75) is 13.0 Å². The fourth-order valence-corrected chi connectivity index (χ4v) is 2.34. The second-order valence-corrected chi connectivity index (χ2v) is 5.41. The molecule has 0 saturated heterocycles. The molecule has 0 heterocycles. The summed E-state index contributed by atoms with van der Waals surface area (Å²) in [5, 5.41) is 3.28. The Morgan fingerprint density at radius 3 is 2.48 bits per heavy atom. The third-order valence-corrected chi connectivity index (χ3v) is 3.83. The Hall–Kier alpha value is -2.00. The van der Waals surface area contributed by atoms with Crippen molar-refractivity contribution in [1.29, 1.82) is 0 Å². The van der Waals surface area contributed by atoms with Gasteiger partial charge in [-0.25, -0.2) is 0 Å². The average Bonchev–Trinajstić information content (AvgIpc) is 2.53. The lowest BCUT2D eigenvalue weighted by Crippen LogP contribution is -2.12. The van der Waals surface area contributed by atoms with E-state index in [4.69, 9.17) is 4.74 Å². The first kappa shape index (κ1) is 15.4. The molecule has 0 amide bonds. The molecule has 3 nitrogen and oxygen atoms in total. The van der Waals surface area contributed by atoms with E-state index in [9.17, 15) is 0 Å². The Bertz CT molecular complexity index is 608. The van der Waals surface area contributed by atoms with E-state index in [1.807, 2.05) is 13.1 Å². The first-order valence-corrected chi connectivity index (χ1v) is 7.19. The number of hydrogen-bond acceptors (Lipinski definition) is 3.